The summed E-state index contributed by atoms with van der Waals surface area (Å²) in [5, 5.41) is 29.6. The fourth-order valence-electron chi connectivity index (χ4n) is 11.9. The minimum atomic E-state index is -1.11. The van der Waals surface area contributed by atoms with E-state index in [1.165, 1.54) is 24.0 Å². The molecule has 1 spiro atoms. The molecule has 3 aromatic carbocycles. The van der Waals surface area contributed by atoms with Crippen LogP contribution < -0.4 is 26.6 Å². The average Bonchev–Trinajstić information content (AvgIpc) is 4.04. The Morgan fingerprint density at radius 2 is 1.54 bits per heavy atom. The Kier molecular flexibility index (Phi) is 20.6. The molecule has 11 atom stereocenters. The molecule has 3 aromatic rings. The van der Waals surface area contributed by atoms with Crippen molar-refractivity contribution < 1.29 is 62.7 Å². The van der Waals surface area contributed by atoms with Crippen LogP contribution in [0, 0.1) is 11.8 Å². The number of nitrogens with zero attached hydrogens (tertiary/aromatic N) is 1. The highest BCUT2D eigenvalue weighted by molar-refractivity contribution is 6.04. The van der Waals surface area contributed by atoms with Crippen molar-refractivity contribution in [2.75, 3.05) is 18.1 Å². The minimum absolute atomic E-state index is 0.0107. The van der Waals surface area contributed by atoms with E-state index in [2.05, 4.69) is 29.0 Å². The number of para-hydroxylation sites is 1. The lowest BCUT2D eigenvalue weighted by atomic mass is 9.87. The van der Waals surface area contributed by atoms with Crippen molar-refractivity contribution in [1.29, 1.82) is 0 Å². The molecule has 82 heavy (non-hydrogen) atoms. The van der Waals surface area contributed by atoms with Gasteiger partial charge in [0.15, 0.2) is 0 Å². The first-order valence-corrected chi connectivity index (χ1v) is 29.2. The first-order chi connectivity index (χ1) is 39.2. The molecule has 0 unspecified atom stereocenters. The number of benzene rings is 3. The number of aliphatic hydroxyl groups excluding tert-OH is 2. The number of aryl methyl sites for hydroxylation is 1. The summed E-state index contributed by atoms with van der Waals surface area (Å²) in [6.07, 6.45) is 8.86. The van der Waals surface area contributed by atoms with Crippen LogP contribution in [0.5, 0.6) is 0 Å². The highest BCUT2D eigenvalue weighted by atomic mass is 16.6. The smallest absolute Gasteiger partial charge is 0.407 e. The van der Waals surface area contributed by atoms with E-state index < -0.39 is 71.9 Å². The molecule has 0 aromatic heterocycles. The molecule has 442 valence electrons. The number of nitrogens with one attached hydrogen (secondary N) is 3. The van der Waals surface area contributed by atoms with Gasteiger partial charge >= 0.3 is 12.1 Å². The standard InChI is InChI=1S/C64H83N5O13/c1-37(2)59(68-63(77)78-35-51-49-17-11-9-15-47(49)48-16-10-12-18-50(48)51)62(76)69(41(6)61(65)75)53-19-13-8-14-43(53)23-31-58(73)82-45-26-24-44(25-27-45)66-57(72)33-46-34-64(36-79-64)60(74)55(81-46)29-21-38(3)20-28-54-39(4)32-52(42(7)80-54)67-56(71)30-22-40(5)70/h8-22,29-30,37,39-42,44-46,51-52,54-55,59-60,70,74H,23-28,31-36H2,1-7H3,(H2,65,75)(H,66,72)(H,67,71)(H,68,77)/b29-21+,30-22-,38-20+/t39-,40-,41-,42+,44?,45?,46+,52+,54-,55+,59-,60+,64+/m0/s1. The van der Waals surface area contributed by atoms with Crippen LogP contribution in [0.25, 0.3) is 11.1 Å². The molecule has 1 saturated carbocycles. The Labute approximate surface area is 481 Å². The zero-order valence-electron chi connectivity index (χ0n) is 48.3. The van der Waals surface area contributed by atoms with Gasteiger partial charge in [-0.25, -0.2) is 4.79 Å². The first kappa shape index (κ1) is 61.4. The third kappa shape index (κ3) is 15.5. The summed E-state index contributed by atoms with van der Waals surface area (Å²) in [6, 6.07) is 20.5. The van der Waals surface area contributed by atoms with Crippen molar-refractivity contribution in [3.8, 4) is 11.1 Å². The number of esters is 1. The molecule has 3 aliphatic heterocycles. The zero-order valence-corrected chi connectivity index (χ0v) is 48.3. The summed E-state index contributed by atoms with van der Waals surface area (Å²) in [5.41, 5.74) is 11.3. The maximum atomic E-state index is 14.6. The van der Waals surface area contributed by atoms with Crippen molar-refractivity contribution in [2.24, 2.45) is 17.6 Å². The summed E-state index contributed by atoms with van der Waals surface area (Å²) in [7, 11) is 0. The van der Waals surface area contributed by atoms with Crippen molar-refractivity contribution in [2.45, 2.75) is 191 Å². The number of carbonyl (C=O) groups excluding carboxylic acids is 6. The second-order valence-electron chi connectivity index (χ2n) is 23.4. The molecule has 8 rings (SSSR count). The number of nitrogens with two attached hydrogens (primary N) is 1. The first-order valence-electron chi connectivity index (χ1n) is 29.2. The average molecular weight is 1130 g/mol. The van der Waals surface area contributed by atoms with Crippen molar-refractivity contribution in [1.82, 2.24) is 16.0 Å². The van der Waals surface area contributed by atoms with Gasteiger partial charge in [-0.05, 0) is 118 Å². The van der Waals surface area contributed by atoms with Gasteiger partial charge in [0, 0.05) is 36.6 Å². The van der Waals surface area contributed by atoms with Gasteiger partial charge in [-0.2, -0.15) is 0 Å². The van der Waals surface area contributed by atoms with E-state index >= 15 is 0 Å². The SMILES string of the molecule is CC(/C=C/[C@H]1O[C@H](CC(=O)NC2CCC(OC(=O)CCc3ccccc3N(C(=O)[C@@H](NC(=O)OCC3c4ccccc4-c4ccccc43)C(C)C)[C@@H](C)C(N)=O)CC2)C[C@@]2(CO2)[C@@H]1O)=C\C[C@@H]1O[C@H](C)[C@H](NC(=O)/C=C\[C@H](C)O)C[C@@H]1C. The molecule has 3 heterocycles. The van der Waals surface area contributed by atoms with Crippen molar-refractivity contribution in [3.63, 3.8) is 0 Å². The number of amides is 5. The third-order valence-electron chi connectivity index (χ3n) is 16.8. The van der Waals surface area contributed by atoms with E-state index in [1.807, 2.05) is 74.5 Å². The Hall–Kier alpha value is -6.70. The van der Waals surface area contributed by atoms with Gasteiger partial charge < -0.3 is 55.6 Å². The van der Waals surface area contributed by atoms with Crippen LogP contribution in [0.4, 0.5) is 10.5 Å². The Morgan fingerprint density at radius 1 is 0.878 bits per heavy atom. The number of allylic oxidation sites excluding steroid dienone is 2. The maximum Gasteiger partial charge on any atom is 0.407 e. The lowest BCUT2D eigenvalue weighted by Crippen LogP contribution is -2.56. The van der Waals surface area contributed by atoms with E-state index in [0.29, 0.717) is 56.4 Å². The van der Waals surface area contributed by atoms with Crippen molar-refractivity contribution in [3.05, 3.63) is 125 Å². The number of primary amides is 1. The van der Waals surface area contributed by atoms with Gasteiger partial charge in [0.25, 0.3) is 5.91 Å². The van der Waals surface area contributed by atoms with E-state index in [1.54, 1.807) is 45.0 Å². The van der Waals surface area contributed by atoms with E-state index in [0.717, 1.165) is 34.2 Å². The van der Waals surface area contributed by atoms with Crippen LogP contribution in [0.3, 0.4) is 0 Å². The summed E-state index contributed by atoms with van der Waals surface area (Å²) in [6.45, 7) is 13.1. The fraction of sp³-hybridized carbons (Fsp3) is 0.531. The van der Waals surface area contributed by atoms with Crippen LogP contribution in [0.1, 0.15) is 129 Å². The molecule has 18 heteroatoms. The summed E-state index contributed by atoms with van der Waals surface area (Å²) < 4.78 is 30.2. The molecular weight excluding hydrogens is 1050 g/mol. The lowest BCUT2D eigenvalue weighted by molar-refractivity contribution is -0.151. The van der Waals surface area contributed by atoms with Gasteiger partial charge in [0.1, 0.15) is 42.6 Å². The molecule has 0 radical (unpaired) electrons. The molecule has 5 aliphatic rings. The number of anilines is 1. The number of epoxide rings is 1. The van der Waals surface area contributed by atoms with Crippen LogP contribution in [-0.2, 0) is 54.1 Å². The molecule has 18 nitrogen and oxygen atoms in total. The summed E-state index contributed by atoms with van der Waals surface area (Å²) in [4.78, 5) is 81.5. The topological polar surface area (TPSA) is 258 Å². The number of aliphatic hydroxyl groups is 2. The summed E-state index contributed by atoms with van der Waals surface area (Å²) >= 11 is 0. The molecule has 0 bridgehead atoms. The Morgan fingerprint density at radius 3 is 2.18 bits per heavy atom. The van der Waals surface area contributed by atoms with E-state index in [9.17, 15) is 39.0 Å². The third-order valence-corrected chi connectivity index (χ3v) is 16.8. The van der Waals surface area contributed by atoms with Gasteiger partial charge in [0.05, 0.1) is 43.5 Å². The van der Waals surface area contributed by atoms with Gasteiger partial charge in [-0.15, -0.1) is 0 Å². The van der Waals surface area contributed by atoms with Crippen molar-refractivity contribution >= 4 is 41.4 Å². The largest absolute Gasteiger partial charge is 0.462 e. The fourth-order valence-corrected chi connectivity index (χ4v) is 11.9. The normalized spacial score (nSPS) is 27.2. The Bertz CT molecular complexity index is 2810. The van der Waals surface area contributed by atoms with E-state index in [-0.39, 0.29) is 79.9 Å². The molecule has 5 amide bonds. The Balaban J connectivity index is 0.784. The number of alkyl carbamates (subject to hydrolysis) is 1. The second-order valence-corrected chi connectivity index (χ2v) is 23.4. The quantitative estimate of drug-likeness (QED) is 0.0253. The number of rotatable bonds is 22. The van der Waals surface area contributed by atoms with Gasteiger partial charge in [-0.1, -0.05) is 117 Å². The van der Waals surface area contributed by atoms with Gasteiger partial charge in [0.2, 0.25) is 17.7 Å². The highest BCUT2D eigenvalue weighted by Crippen LogP contribution is 2.45. The van der Waals surface area contributed by atoms with Crippen LogP contribution in [-0.4, -0.2) is 132 Å². The van der Waals surface area contributed by atoms with E-state index in [4.69, 9.17) is 29.4 Å². The monoisotopic (exact) mass is 1130 g/mol. The molecule has 7 N–H and O–H groups in total. The minimum Gasteiger partial charge on any atom is -0.462 e. The lowest BCUT2D eigenvalue weighted by Gasteiger charge is -2.39. The number of ether oxygens (including phenoxy) is 5. The predicted octanol–water partition coefficient (Wildman–Crippen LogP) is 7.17. The predicted molar refractivity (Wildman–Crippen MR) is 309 cm³/mol. The second kappa shape index (κ2) is 27.6. The number of hydrogen-bond donors (Lipinski definition) is 6. The molecule has 2 aliphatic carbocycles. The number of hydrogen-bond acceptors (Lipinski definition) is 13. The molecule has 3 saturated heterocycles. The van der Waals surface area contributed by atoms with Crippen LogP contribution >= 0.6 is 0 Å². The zero-order chi connectivity index (χ0) is 58.8. The molecular formula is C64H83N5O13. The number of carbonyl (C=O) groups is 6. The maximum absolute atomic E-state index is 14.6. The van der Waals surface area contributed by atoms with Gasteiger partial charge in [-0.3, -0.25) is 28.9 Å². The van der Waals surface area contributed by atoms with Crippen LogP contribution in [0.15, 0.2) is 109 Å². The molecule has 4 fully saturated rings. The highest BCUT2D eigenvalue weighted by Gasteiger charge is 2.58. The summed E-state index contributed by atoms with van der Waals surface area (Å²) in [5.74, 6) is -2.59. The van der Waals surface area contributed by atoms with Crippen LogP contribution in [0.2, 0.25) is 0 Å². The number of fused-ring (bicyclic) bond motifs is 3.